The number of imidazole rings is 1. The number of nitrogens with one attached hydrogen (secondary N) is 2. The molecule has 27 heavy (non-hydrogen) atoms. The van der Waals surface area contributed by atoms with Gasteiger partial charge in [-0.15, -0.1) is 0 Å². The molecular weight excluding hydrogens is 336 g/mol. The minimum absolute atomic E-state index is 0.811. The summed E-state index contributed by atoms with van der Waals surface area (Å²) in [4.78, 5) is 17.2. The highest BCUT2D eigenvalue weighted by Crippen LogP contribution is 2.15. The second kappa shape index (κ2) is 8.12. The Labute approximate surface area is 159 Å². The number of guanidine groups is 1. The number of nitrogens with zero attached hydrogens (tertiary/aromatic N) is 4. The Morgan fingerprint density at radius 3 is 2.52 bits per heavy atom. The van der Waals surface area contributed by atoms with Gasteiger partial charge in [0.25, 0.3) is 0 Å². The van der Waals surface area contributed by atoms with Crippen molar-refractivity contribution in [3.8, 4) is 0 Å². The average molecular weight is 362 g/mol. The molecule has 3 aromatic rings. The number of anilines is 1. The first-order chi connectivity index (χ1) is 13.3. The van der Waals surface area contributed by atoms with Crippen molar-refractivity contribution in [3.05, 3.63) is 60.4 Å². The van der Waals surface area contributed by atoms with E-state index in [-0.39, 0.29) is 0 Å². The van der Waals surface area contributed by atoms with Gasteiger partial charge in [0.1, 0.15) is 5.82 Å². The van der Waals surface area contributed by atoms with Crippen molar-refractivity contribution in [3.63, 3.8) is 0 Å². The zero-order chi connectivity index (χ0) is 18.5. The van der Waals surface area contributed by atoms with Crippen molar-refractivity contribution >= 4 is 22.7 Å². The van der Waals surface area contributed by atoms with Crippen molar-refractivity contribution < 1.29 is 0 Å². The van der Waals surface area contributed by atoms with Gasteiger partial charge in [-0.2, -0.15) is 0 Å². The van der Waals surface area contributed by atoms with Crippen LogP contribution in [-0.4, -0.2) is 60.6 Å². The summed E-state index contributed by atoms with van der Waals surface area (Å²) in [6.45, 7) is 4.77. The lowest BCUT2D eigenvalue weighted by Gasteiger charge is -2.37. The third-order valence-corrected chi connectivity index (χ3v) is 5.00. The highest BCUT2D eigenvalue weighted by molar-refractivity contribution is 5.80. The number of aliphatic imine (C=N–C) groups is 1. The van der Waals surface area contributed by atoms with Gasteiger partial charge in [-0.1, -0.05) is 30.3 Å². The molecule has 0 saturated carbocycles. The van der Waals surface area contributed by atoms with Gasteiger partial charge in [-0.3, -0.25) is 4.99 Å². The quantitative estimate of drug-likeness (QED) is 0.553. The van der Waals surface area contributed by atoms with E-state index in [9.17, 15) is 0 Å². The first kappa shape index (κ1) is 17.4. The van der Waals surface area contributed by atoms with Gasteiger partial charge in [-0.25, -0.2) is 4.98 Å². The summed E-state index contributed by atoms with van der Waals surface area (Å²) in [5.41, 5.74) is 3.41. The van der Waals surface area contributed by atoms with Crippen molar-refractivity contribution in [2.24, 2.45) is 4.99 Å². The van der Waals surface area contributed by atoms with E-state index in [2.05, 4.69) is 66.5 Å². The Kier molecular flexibility index (Phi) is 5.23. The highest BCUT2D eigenvalue weighted by Gasteiger charge is 2.19. The molecule has 1 aromatic heterocycles. The first-order valence-corrected chi connectivity index (χ1v) is 9.53. The van der Waals surface area contributed by atoms with Crippen LogP contribution >= 0.6 is 0 Å². The molecule has 0 aliphatic carbocycles. The molecule has 6 heteroatoms. The van der Waals surface area contributed by atoms with Gasteiger partial charge in [0.15, 0.2) is 5.96 Å². The summed E-state index contributed by atoms with van der Waals surface area (Å²) in [5.74, 6) is 1.98. The Hall–Kier alpha value is -3.02. The van der Waals surface area contributed by atoms with Crippen molar-refractivity contribution in [2.75, 3.05) is 44.7 Å². The minimum atomic E-state index is 0.811. The molecule has 0 spiro atoms. The number of hydrogen-bond acceptors (Lipinski definition) is 3. The zero-order valence-corrected chi connectivity index (χ0v) is 15.7. The van der Waals surface area contributed by atoms with Gasteiger partial charge >= 0.3 is 0 Å². The highest BCUT2D eigenvalue weighted by atomic mass is 15.3. The molecule has 0 bridgehead atoms. The number of aromatic nitrogens is 2. The van der Waals surface area contributed by atoms with Gasteiger partial charge in [-0.05, 0) is 24.3 Å². The molecule has 2 aromatic carbocycles. The summed E-state index contributed by atoms with van der Waals surface area (Å²) in [5, 5.41) is 3.48. The smallest absolute Gasteiger partial charge is 0.193 e. The van der Waals surface area contributed by atoms with Gasteiger partial charge in [0.05, 0.1) is 11.0 Å². The molecule has 4 rings (SSSR count). The van der Waals surface area contributed by atoms with E-state index in [4.69, 9.17) is 0 Å². The Morgan fingerprint density at radius 2 is 1.78 bits per heavy atom. The molecule has 1 fully saturated rings. The van der Waals surface area contributed by atoms with E-state index in [1.54, 1.807) is 0 Å². The van der Waals surface area contributed by atoms with Crippen molar-refractivity contribution in [1.82, 2.24) is 20.2 Å². The lowest BCUT2D eigenvalue weighted by molar-refractivity contribution is 0.373. The van der Waals surface area contributed by atoms with Crippen LogP contribution in [0.25, 0.3) is 11.0 Å². The number of piperazine rings is 1. The Bertz CT molecular complexity index is 860. The molecule has 140 valence electrons. The summed E-state index contributed by atoms with van der Waals surface area (Å²) in [6, 6.07) is 18.8. The third-order valence-electron chi connectivity index (χ3n) is 5.00. The van der Waals surface area contributed by atoms with E-state index in [1.807, 2.05) is 25.2 Å². The van der Waals surface area contributed by atoms with Crippen LogP contribution in [0.15, 0.2) is 59.6 Å². The maximum atomic E-state index is 4.64. The SMILES string of the molecule is CN=C(NCCc1nc2ccccc2[nH]1)N1CCN(c2ccccc2)CC1. The molecule has 1 saturated heterocycles. The van der Waals surface area contributed by atoms with Gasteiger partial charge in [0.2, 0.25) is 0 Å². The predicted molar refractivity (Wildman–Crippen MR) is 111 cm³/mol. The number of aromatic amines is 1. The Balaban J connectivity index is 1.28. The molecule has 1 aliphatic rings. The number of H-pyrrole nitrogens is 1. The van der Waals surface area contributed by atoms with Crippen molar-refractivity contribution in [1.29, 1.82) is 0 Å². The van der Waals surface area contributed by atoms with Crippen LogP contribution in [0.4, 0.5) is 5.69 Å². The number of hydrogen-bond donors (Lipinski definition) is 2. The van der Waals surface area contributed by atoms with Crippen LogP contribution in [0.5, 0.6) is 0 Å². The summed E-state index contributed by atoms with van der Waals surface area (Å²) >= 11 is 0. The first-order valence-electron chi connectivity index (χ1n) is 9.53. The molecule has 0 radical (unpaired) electrons. The van der Waals surface area contributed by atoms with E-state index in [1.165, 1.54) is 5.69 Å². The largest absolute Gasteiger partial charge is 0.368 e. The topological polar surface area (TPSA) is 59.6 Å². The summed E-state index contributed by atoms with van der Waals surface area (Å²) < 4.78 is 0. The summed E-state index contributed by atoms with van der Waals surface area (Å²) in [6.07, 6.45) is 0.845. The monoisotopic (exact) mass is 362 g/mol. The fourth-order valence-corrected chi connectivity index (χ4v) is 3.56. The predicted octanol–water partition coefficient (Wildman–Crippen LogP) is 2.50. The second-order valence-electron chi connectivity index (χ2n) is 6.73. The van der Waals surface area contributed by atoms with Crippen LogP contribution in [0.2, 0.25) is 0 Å². The molecule has 6 nitrogen and oxygen atoms in total. The second-order valence-corrected chi connectivity index (χ2v) is 6.73. The van der Waals surface area contributed by atoms with E-state index < -0.39 is 0 Å². The van der Waals surface area contributed by atoms with Gasteiger partial charge < -0.3 is 20.1 Å². The summed E-state index contributed by atoms with van der Waals surface area (Å²) in [7, 11) is 1.85. The molecule has 0 atom stereocenters. The molecule has 2 heterocycles. The number of rotatable bonds is 4. The lowest BCUT2D eigenvalue weighted by atomic mass is 10.2. The Morgan fingerprint density at radius 1 is 1.04 bits per heavy atom. The van der Waals surface area contributed by atoms with E-state index in [0.717, 1.165) is 62.0 Å². The van der Waals surface area contributed by atoms with Crippen LogP contribution in [0, 0.1) is 0 Å². The molecule has 0 amide bonds. The number of fused-ring (bicyclic) bond motifs is 1. The van der Waals surface area contributed by atoms with Crippen LogP contribution in [0.3, 0.4) is 0 Å². The maximum Gasteiger partial charge on any atom is 0.193 e. The maximum absolute atomic E-state index is 4.64. The van der Waals surface area contributed by atoms with Crippen molar-refractivity contribution in [2.45, 2.75) is 6.42 Å². The van der Waals surface area contributed by atoms with Gasteiger partial charge in [0, 0.05) is 51.9 Å². The molecule has 2 N–H and O–H groups in total. The van der Waals surface area contributed by atoms with E-state index >= 15 is 0 Å². The number of benzene rings is 2. The fourth-order valence-electron chi connectivity index (χ4n) is 3.56. The molecule has 1 aliphatic heterocycles. The standard InChI is InChI=1S/C21H26N6/c1-22-21(23-12-11-20-24-18-9-5-6-10-19(18)25-20)27-15-13-26(14-16-27)17-7-3-2-4-8-17/h2-10H,11-16H2,1H3,(H,22,23)(H,24,25). The van der Waals surface area contributed by atoms with E-state index in [0.29, 0.717) is 0 Å². The normalized spacial score (nSPS) is 15.4. The molecular formula is C21H26N6. The fraction of sp³-hybridized carbons (Fsp3) is 0.333. The van der Waals surface area contributed by atoms with Crippen LogP contribution < -0.4 is 10.2 Å². The molecule has 0 unspecified atom stereocenters. The lowest BCUT2D eigenvalue weighted by Crippen LogP contribution is -2.52. The third kappa shape index (κ3) is 4.05. The zero-order valence-electron chi connectivity index (χ0n) is 15.7. The van der Waals surface area contributed by atoms with Crippen LogP contribution in [0.1, 0.15) is 5.82 Å². The number of para-hydroxylation sites is 3. The van der Waals surface area contributed by atoms with Crippen LogP contribution in [-0.2, 0) is 6.42 Å². The minimum Gasteiger partial charge on any atom is -0.368 e. The average Bonchev–Trinajstić information content (AvgIpc) is 3.15.